The zero-order valence-corrected chi connectivity index (χ0v) is 20.2. The number of nitrogens with one attached hydrogen (secondary N) is 2. The van der Waals surface area contributed by atoms with E-state index in [9.17, 15) is 13.2 Å². The van der Waals surface area contributed by atoms with Gasteiger partial charge in [0.05, 0.1) is 10.9 Å². The van der Waals surface area contributed by atoms with Gasteiger partial charge in [-0.2, -0.15) is 0 Å². The summed E-state index contributed by atoms with van der Waals surface area (Å²) in [5.41, 5.74) is 1.85. The average molecular weight is 517 g/mol. The van der Waals surface area contributed by atoms with Crippen molar-refractivity contribution in [1.29, 1.82) is 0 Å². The highest BCUT2D eigenvalue weighted by molar-refractivity contribution is 9.10. The molecule has 0 fully saturated rings. The van der Waals surface area contributed by atoms with Crippen LogP contribution in [0.25, 0.3) is 0 Å². The van der Waals surface area contributed by atoms with Crippen LogP contribution in [-0.4, -0.2) is 20.9 Å². The summed E-state index contributed by atoms with van der Waals surface area (Å²) in [4.78, 5) is 12.3. The Hall–Kier alpha value is -2.68. The van der Waals surface area contributed by atoms with Crippen molar-refractivity contribution in [3.05, 3.63) is 94.5 Å². The molecule has 0 aliphatic heterocycles. The Balaban J connectivity index is 1.53. The lowest BCUT2D eigenvalue weighted by Gasteiger charge is -2.16. The van der Waals surface area contributed by atoms with Crippen LogP contribution in [0.4, 0.5) is 0 Å². The predicted octanol–water partition coefficient (Wildman–Crippen LogP) is 4.74. The Bertz CT molecular complexity index is 1130. The second kappa shape index (κ2) is 10.8. The molecule has 0 aliphatic rings. The molecule has 2 atom stereocenters. The standard InChI is InChI=1S/C24H25BrN2O4S/c1-17(20-8-10-21(25)11-9-20)26-24(28)16-31-22-12-14-23(15-13-22)32(29,30)27-18(2)19-6-4-3-5-7-19/h3-15,17-18,27H,16H2,1-2H3,(H,26,28)/t17-,18-/m1/s1. The molecule has 3 aromatic carbocycles. The molecule has 1 amide bonds. The van der Waals surface area contributed by atoms with Crippen molar-refractivity contribution in [1.82, 2.24) is 10.0 Å². The van der Waals surface area contributed by atoms with E-state index < -0.39 is 10.0 Å². The highest BCUT2D eigenvalue weighted by atomic mass is 79.9. The van der Waals surface area contributed by atoms with Crippen LogP contribution in [0, 0.1) is 0 Å². The molecule has 0 aliphatic carbocycles. The van der Waals surface area contributed by atoms with Gasteiger partial charge in [0.25, 0.3) is 5.91 Å². The Kier molecular flexibility index (Phi) is 8.06. The Morgan fingerprint density at radius 3 is 2.09 bits per heavy atom. The van der Waals surface area contributed by atoms with E-state index in [2.05, 4.69) is 26.0 Å². The van der Waals surface area contributed by atoms with Crippen LogP contribution < -0.4 is 14.8 Å². The minimum Gasteiger partial charge on any atom is -0.484 e. The van der Waals surface area contributed by atoms with Crippen molar-refractivity contribution in [2.75, 3.05) is 6.61 Å². The number of hydrogen-bond acceptors (Lipinski definition) is 4. The topological polar surface area (TPSA) is 84.5 Å². The third kappa shape index (κ3) is 6.66. The van der Waals surface area contributed by atoms with Gasteiger partial charge in [-0.05, 0) is 61.4 Å². The number of rotatable bonds is 9. The van der Waals surface area contributed by atoms with Gasteiger partial charge in [-0.25, -0.2) is 13.1 Å². The van der Waals surface area contributed by atoms with E-state index in [0.717, 1.165) is 15.6 Å². The average Bonchev–Trinajstić information content (AvgIpc) is 2.78. The van der Waals surface area contributed by atoms with Gasteiger partial charge < -0.3 is 10.1 Å². The minimum absolute atomic E-state index is 0.126. The molecule has 3 aromatic rings. The number of hydrogen-bond donors (Lipinski definition) is 2. The molecule has 0 saturated carbocycles. The summed E-state index contributed by atoms with van der Waals surface area (Å²) >= 11 is 3.39. The summed E-state index contributed by atoms with van der Waals surface area (Å²) in [6.07, 6.45) is 0. The minimum atomic E-state index is -3.69. The van der Waals surface area contributed by atoms with Crippen molar-refractivity contribution < 1.29 is 17.9 Å². The third-order valence-corrected chi connectivity index (χ3v) is 6.97. The number of benzene rings is 3. The fourth-order valence-corrected chi connectivity index (χ4v) is 4.59. The van der Waals surface area contributed by atoms with E-state index in [-0.39, 0.29) is 29.5 Å². The second-order valence-electron chi connectivity index (χ2n) is 7.35. The molecule has 168 valence electrons. The van der Waals surface area contributed by atoms with Crippen LogP contribution in [0.5, 0.6) is 5.75 Å². The van der Waals surface area contributed by atoms with Gasteiger partial charge in [-0.15, -0.1) is 0 Å². The van der Waals surface area contributed by atoms with Gasteiger partial charge in [0.15, 0.2) is 6.61 Å². The first kappa shape index (κ1) is 24.0. The van der Waals surface area contributed by atoms with E-state index in [1.165, 1.54) is 24.3 Å². The normalized spacial score (nSPS) is 13.2. The van der Waals surface area contributed by atoms with Crippen molar-refractivity contribution in [2.45, 2.75) is 30.8 Å². The van der Waals surface area contributed by atoms with Crippen LogP contribution in [-0.2, 0) is 14.8 Å². The number of amides is 1. The summed E-state index contributed by atoms with van der Waals surface area (Å²) in [6, 6.07) is 22.5. The van der Waals surface area contributed by atoms with E-state index in [4.69, 9.17) is 4.74 Å². The largest absolute Gasteiger partial charge is 0.484 e. The van der Waals surface area contributed by atoms with Crippen LogP contribution >= 0.6 is 15.9 Å². The lowest BCUT2D eigenvalue weighted by atomic mass is 10.1. The van der Waals surface area contributed by atoms with E-state index in [1.54, 1.807) is 6.92 Å². The molecule has 0 heterocycles. The summed E-state index contributed by atoms with van der Waals surface area (Å²) in [6.45, 7) is 3.51. The van der Waals surface area contributed by atoms with Crippen molar-refractivity contribution >= 4 is 31.9 Å². The summed E-state index contributed by atoms with van der Waals surface area (Å²) in [5, 5.41) is 2.87. The molecule has 0 saturated heterocycles. The number of ether oxygens (including phenoxy) is 1. The monoisotopic (exact) mass is 516 g/mol. The number of carbonyl (C=O) groups excluding carboxylic acids is 1. The lowest BCUT2D eigenvalue weighted by Crippen LogP contribution is -2.31. The molecular weight excluding hydrogens is 492 g/mol. The molecule has 32 heavy (non-hydrogen) atoms. The molecule has 0 spiro atoms. The highest BCUT2D eigenvalue weighted by Crippen LogP contribution is 2.20. The summed E-state index contributed by atoms with van der Waals surface area (Å²) in [5.74, 6) is 0.141. The lowest BCUT2D eigenvalue weighted by molar-refractivity contribution is -0.123. The van der Waals surface area contributed by atoms with E-state index in [1.807, 2.05) is 61.5 Å². The van der Waals surface area contributed by atoms with Crippen LogP contribution in [0.2, 0.25) is 0 Å². The molecule has 0 radical (unpaired) electrons. The van der Waals surface area contributed by atoms with Crippen LogP contribution in [0.15, 0.2) is 88.2 Å². The third-order valence-electron chi connectivity index (χ3n) is 4.88. The van der Waals surface area contributed by atoms with Crippen molar-refractivity contribution in [3.8, 4) is 5.75 Å². The molecule has 2 N–H and O–H groups in total. The number of sulfonamides is 1. The van der Waals surface area contributed by atoms with Crippen LogP contribution in [0.3, 0.4) is 0 Å². The highest BCUT2D eigenvalue weighted by Gasteiger charge is 2.18. The van der Waals surface area contributed by atoms with Gasteiger partial charge in [0, 0.05) is 10.5 Å². The maximum atomic E-state index is 12.7. The van der Waals surface area contributed by atoms with Crippen molar-refractivity contribution in [2.24, 2.45) is 0 Å². The SMILES string of the molecule is C[C@@H](NC(=O)COc1ccc(S(=O)(=O)N[C@H](C)c2ccccc2)cc1)c1ccc(Br)cc1. The number of carbonyl (C=O) groups is 1. The van der Waals surface area contributed by atoms with Gasteiger partial charge in [0.1, 0.15) is 5.75 Å². The van der Waals surface area contributed by atoms with E-state index >= 15 is 0 Å². The van der Waals surface area contributed by atoms with Gasteiger partial charge in [-0.1, -0.05) is 58.4 Å². The first-order chi connectivity index (χ1) is 15.2. The molecule has 0 unspecified atom stereocenters. The Morgan fingerprint density at radius 2 is 1.47 bits per heavy atom. The van der Waals surface area contributed by atoms with E-state index in [0.29, 0.717) is 5.75 Å². The first-order valence-electron chi connectivity index (χ1n) is 10.1. The fourth-order valence-electron chi connectivity index (χ4n) is 3.09. The molecule has 3 rings (SSSR count). The molecule has 8 heteroatoms. The molecule has 0 bridgehead atoms. The number of halogens is 1. The Labute approximate surface area is 197 Å². The van der Waals surface area contributed by atoms with Gasteiger partial charge in [-0.3, -0.25) is 4.79 Å². The smallest absolute Gasteiger partial charge is 0.258 e. The first-order valence-corrected chi connectivity index (χ1v) is 12.4. The maximum absolute atomic E-state index is 12.7. The quantitative estimate of drug-likeness (QED) is 0.429. The Morgan fingerprint density at radius 1 is 0.875 bits per heavy atom. The fraction of sp³-hybridized carbons (Fsp3) is 0.208. The van der Waals surface area contributed by atoms with Gasteiger partial charge >= 0.3 is 0 Å². The second-order valence-corrected chi connectivity index (χ2v) is 9.98. The van der Waals surface area contributed by atoms with Gasteiger partial charge in [0.2, 0.25) is 10.0 Å². The maximum Gasteiger partial charge on any atom is 0.258 e. The predicted molar refractivity (Wildman–Crippen MR) is 128 cm³/mol. The molecular formula is C24H25BrN2O4S. The summed E-state index contributed by atoms with van der Waals surface area (Å²) < 4.78 is 34.4. The zero-order valence-electron chi connectivity index (χ0n) is 17.8. The molecule has 6 nitrogen and oxygen atoms in total. The zero-order chi connectivity index (χ0) is 23.1. The summed E-state index contributed by atoms with van der Waals surface area (Å²) in [7, 11) is -3.69. The molecule has 0 aromatic heterocycles. The van der Waals surface area contributed by atoms with Crippen LogP contribution in [0.1, 0.15) is 37.1 Å². The van der Waals surface area contributed by atoms with Crippen molar-refractivity contribution in [3.63, 3.8) is 0 Å².